The van der Waals surface area contributed by atoms with Crippen molar-refractivity contribution < 1.29 is 14.4 Å². The average molecular weight is 249 g/mol. The molecule has 2 rings (SSSR count). The molecule has 4 nitrogen and oxygen atoms in total. The SMILES string of the molecule is O=C(CCc1ccccc1)NOC1CCCCO1. The van der Waals surface area contributed by atoms with Gasteiger partial charge in [-0.05, 0) is 24.8 Å². The van der Waals surface area contributed by atoms with Crippen LogP contribution in [0.2, 0.25) is 0 Å². The van der Waals surface area contributed by atoms with E-state index < -0.39 is 0 Å². The first kappa shape index (κ1) is 13.1. The second-order valence-corrected chi connectivity index (χ2v) is 4.42. The third kappa shape index (κ3) is 4.47. The molecule has 1 aliphatic heterocycles. The summed E-state index contributed by atoms with van der Waals surface area (Å²) in [4.78, 5) is 16.8. The van der Waals surface area contributed by atoms with Crippen LogP contribution in [0.15, 0.2) is 30.3 Å². The number of amides is 1. The van der Waals surface area contributed by atoms with E-state index in [1.807, 2.05) is 30.3 Å². The largest absolute Gasteiger partial charge is 0.350 e. The van der Waals surface area contributed by atoms with Crippen molar-refractivity contribution in [1.29, 1.82) is 0 Å². The molecular formula is C14H19NO3. The second-order valence-electron chi connectivity index (χ2n) is 4.42. The number of carbonyl (C=O) groups excluding carboxylic acids is 1. The molecule has 0 aliphatic carbocycles. The fourth-order valence-corrected chi connectivity index (χ4v) is 1.89. The molecule has 1 fully saturated rings. The summed E-state index contributed by atoms with van der Waals surface area (Å²) in [7, 11) is 0. The number of carbonyl (C=O) groups is 1. The van der Waals surface area contributed by atoms with Gasteiger partial charge in [0.1, 0.15) is 0 Å². The van der Waals surface area contributed by atoms with Gasteiger partial charge in [-0.1, -0.05) is 30.3 Å². The normalized spacial score (nSPS) is 19.4. The monoisotopic (exact) mass is 249 g/mol. The number of aryl methyl sites for hydroxylation is 1. The van der Waals surface area contributed by atoms with Gasteiger partial charge in [0, 0.05) is 19.4 Å². The van der Waals surface area contributed by atoms with E-state index in [0.29, 0.717) is 13.0 Å². The van der Waals surface area contributed by atoms with Crippen molar-refractivity contribution in [1.82, 2.24) is 5.48 Å². The Kier molecular flexibility index (Phi) is 5.17. The zero-order chi connectivity index (χ0) is 12.6. The summed E-state index contributed by atoms with van der Waals surface area (Å²) >= 11 is 0. The van der Waals surface area contributed by atoms with Crippen LogP contribution in [0.1, 0.15) is 31.2 Å². The molecule has 1 saturated heterocycles. The fraction of sp³-hybridized carbons (Fsp3) is 0.500. The van der Waals surface area contributed by atoms with Crippen molar-refractivity contribution in [2.75, 3.05) is 6.61 Å². The number of hydroxylamine groups is 1. The lowest BCUT2D eigenvalue weighted by molar-refractivity contribution is -0.200. The zero-order valence-corrected chi connectivity index (χ0v) is 10.4. The van der Waals surface area contributed by atoms with E-state index in [0.717, 1.165) is 31.2 Å². The number of hydrogen-bond acceptors (Lipinski definition) is 3. The van der Waals surface area contributed by atoms with Gasteiger partial charge in [-0.25, -0.2) is 10.3 Å². The minimum absolute atomic E-state index is 0.104. The summed E-state index contributed by atoms with van der Waals surface area (Å²) in [6.07, 6.45) is 3.88. The van der Waals surface area contributed by atoms with Crippen LogP contribution in [0.25, 0.3) is 0 Å². The number of hydrogen-bond donors (Lipinski definition) is 1. The smallest absolute Gasteiger partial charge is 0.243 e. The molecule has 0 bridgehead atoms. The number of nitrogens with one attached hydrogen (secondary N) is 1. The van der Waals surface area contributed by atoms with Crippen molar-refractivity contribution in [3.8, 4) is 0 Å². The van der Waals surface area contributed by atoms with Gasteiger partial charge >= 0.3 is 0 Å². The van der Waals surface area contributed by atoms with Crippen molar-refractivity contribution in [2.24, 2.45) is 0 Å². The van der Waals surface area contributed by atoms with Crippen LogP contribution >= 0.6 is 0 Å². The Labute approximate surface area is 107 Å². The van der Waals surface area contributed by atoms with Crippen LogP contribution in [-0.2, 0) is 20.8 Å². The van der Waals surface area contributed by atoms with Crippen LogP contribution in [0, 0.1) is 0 Å². The molecule has 1 atom stereocenters. The Balaban J connectivity index is 1.63. The van der Waals surface area contributed by atoms with Crippen molar-refractivity contribution in [3.05, 3.63) is 35.9 Å². The Hall–Kier alpha value is -1.39. The second kappa shape index (κ2) is 7.13. The van der Waals surface area contributed by atoms with E-state index in [1.54, 1.807) is 0 Å². The summed E-state index contributed by atoms with van der Waals surface area (Å²) in [5, 5.41) is 0. The number of ether oxygens (including phenoxy) is 1. The standard InChI is InChI=1S/C14H19NO3/c16-13(10-9-12-6-2-1-3-7-12)15-18-14-8-4-5-11-17-14/h1-3,6-7,14H,4-5,8-11H2,(H,15,16). The molecule has 1 aromatic rings. The van der Waals surface area contributed by atoms with Gasteiger partial charge in [0.25, 0.3) is 0 Å². The van der Waals surface area contributed by atoms with E-state index in [9.17, 15) is 4.79 Å². The number of rotatable bonds is 5. The van der Waals surface area contributed by atoms with Gasteiger partial charge in [0.15, 0.2) is 6.29 Å². The third-order valence-electron chi connectivity index (χ3n) is 2.93. The Morgan fingerprint density at radius 2 is 2.17 bits per heavy atom. The maximum atomic E-state index is 11.6. The molecule has 1 aromatic carbocycles. The zero-order valence-electron chi connectivity index (χ0n) is 10.4. The Bertz CT molecular complexity index is 361. The summed E-state index contributed by atoms with van der Waals surface area (Å²) < 4.78 is 5.35. The van der Waals surface area contributed by atoms with Gasteiger partial charge in [0.2, 0.25) is 5.91 Å². The minimum Gasteiger partial charge on any atom is -0.350 e. The van der Waals surface area contributed by atoms with Gasteiger partial charge in [-0.2, -0.15) is 0 Å². The lowest BCUT2D eigenvalue weighted by atomic mass is 10.1. The van der Waals surface area contributed by atoms with E-state index in [4.69, 9.17) is 9.57 Å². The quantitative estimate of drug-likeness (QED) is 0.814. The van der Waals surface area contributed by atoms with Crippen molar-refractivity contribution >= 4 is 5.91 Å². The van der Waals surface area contributed by atoms with E-state index in [2.05, 4.69) is 5.48 Å². The van der Waals surface area contributed by atoms with E-state index in [-0.39, 0.29) is 12.2 Å². The molecular weight excluding hydrogens is 230 g/mol. The molecule has 0 radical (unpaired) electrons. The summed E-state index contributed by atoms with van der Waals surface area (Å²) in [6, 6.07) is 9.93. The molecule has 98 valence electrons. The Morgan fingerprint density at radius 3 is 2.89 bits per heavy atom. The highest BCUT2D eigenvalue weighted by Crippen LogP contribution is 2.12. The molecule has 0 spiro atoms. The van der Waals surface area contributed by atoms with Crippen LogP contribution in [0.3, 0.4) is 0 Å². The summed E-state index contributed by atoms with van der Waals surface area (Å²) in [5.74, 6) is -0.104. The topological polar surface area (TPSA) is 47.6 Å². The molecule has 1 heterocycles. The van der Waals surface area contributed by atoms with Gasteiger partial charge in [-0.15, -0.1) is 0 Å². The lowest BCUT2D eigenvalue weighted by Gasteiger charge is -2.22. The minimum atomic E-state index is -0.278. The maximum absolute atomic E-state index is 11.6. The number of benzene rings is 1. The van der Waals surface area contributed by atoms with E-state index in [1.165, 1.54) is 0 Å². The lowest BCUT2D eigenvalue weighted by Crippen LogP contribution is -2.33. The summed E-state index contributed by atoms with van der Waals surface area (Å²) in [6.45, 7) is 0.713. The molecule has 0 aromatic heterocycles. The Morgan fingerprint density at radius 1 is 1.33 bits per heavy atom. The van der Waals surface area contributed by atoms with Crippen LogP contribution < -0.4 is 5.48 Å². The predicted octanol–water partition coefficient (Wildman–Crippen LogP) is 2.19. The predicted molar refractivity (Wildman–Crippen MR) is 67.6 cm³/mol. The van der Waals surface area contributed by atoms with Gasteiger partial charge < -0.3 is 4.74 Å². The third-order valence-corrected chi connectivity index (χ3v) is 2.93. The highest BCUT2D eigenvalue weighted by atomic mass is 16.8. The highest BCUT2D eigenvalue weighted by Gasteiger charge is 2.15. The first-order valence-corrected chi connectivity index (χ1v) is 6.44. The molecule has 1 unspecified atom stereocenters. The van der Waals surface area contributed by atoms with Crippen molar-refractivity contribution in [2.45, 2.75) is 38.4 Å². The van der Waals surface area contributed by atoms with Crippen molar-refractivity contribution in [3.63, 3.8) is 0 Å². The summed E-state index contributed by atoms with van der Waals surface area (Å²) in [5.41, 5.74) is 3.61. The van der Waals surface area contributed by atoms with Crippen LogP contribution in [0.5, 0.6) is 0 Å². The molecule has 4 heteroatoms. The molecule has 1 amide bonds. The van der Waals surface area contributed by atoms with Gasteiger partial charge in [0.05, 0.1) is 0 Å². The van der Waals surface area contributed by atoms with Crippen LogP contribution in [-0.4, -0.2) is 18.8 Å². The molecule has 0 saturated carbocycles. The molecule has 18 heavy (non-hydrogen) atoms. The average Bonchev–Trinajstić information content (AvgIpc) is 2.45. The first-order valence-electron chi connectivity index (χ1n) is 6.44. The van der Waals surface area contributed by atoms with E-state index >= 15 is 0 Å². The van der Waals surface area contributed by atoms with Crippen LogP contribution in [0.4, 0.5) is 0 Å². The molecule has 1 aliphatic rings. The molecule has 1 N–H and O–H groups in total. The first-order chi connectivity index (χ1) is 8.84. The fourth-order valence-electron chi connectivity index (χ4n) is 1.89. The van der Waals surface area contributed by atoms with Gasteiger partial charge in [-0.3, -0.25) is 4.79 Å². The highest BCUT2D eigenvalue weighted by molar-refractivity contribution is 5.75. The maximum Gasteiger partial charge on any atom is 0.243 e.